The Labute approximate surface area is 184 Å². The number of halogens is 9. The highest BCUT2D eigenvalue weighted by molar-refractivity contribution is 5.77. The molecular formula is C21H11F9O4. The summed E-state index contributed by atoms with van der Waals surface area (Å²) in [4.78, 5) is 0. The fourth-order valence-electron chi connectivity index (χ4n) is 3.13. The molecule has 0 aliphatic heterocycles. The van der Waals surface area contributed by atoms with E-state index in [1.54, 1.807) is 0 Å². The molecule has 0 spiro atoms. The number of alkyl halides is 5. The van der Waals surface area contributed by atoms with E-state index in [-0.39, 0.29) is 24.3 Å². The van der Waals surface area contributed by atoms with Gasteiger partial charge in [0.2, 0.25) is 0 Å². The highest BCUT2D eigenvalue weighted by Crippen LogP contribution is 2.44. The normalized spacial score (nSPS) is 15.1. The van der Waals surface area contributed by atoms with Crippen molar-refractivity contribution in [3.63, 3.8) is 0 Å². The van der Waals surface area contributed by atoms with Crippen molar-refractivity contribution in [2.45, 2.75) is 18.7 Å². The second kappa shape index (κ2) is 8.54. The molecule has 0 unspecified atom stereocenters. The van der Waals surface area contributed by atoms with Crippen molar-refractivity contribution in [3.8, 4) is 28.4 Å². The second-order valence-corrected chi connectivity index (χ2v) is 6.88. The number of rotatable bonds is 4. The molecule has 0 heterocycles. The van der Waals surface area contributed by atoms with Crippen LogP contribution in [0.5, 0.6) is 17.2 Å². The van der Waals surface area contributed by atoms with E-state index < -0.39 is 87.3 Å². The Kier molecular flexibility index (Phi) is 6.24. The Morgan fingerprint density at radius 1 is 0.794 bits per heavy atom. The van der Waals surface area contributed by atoms with Gasteiger partial charge in [0, 0.05) is 24.6 Å². The Hall–Kier alpha value is -3.77. The first-order valence-electron chi connectivity index (χ1n) is 8.97. The molecule has 0 aromatic heterocycles. The van der Waals surface area contributed by atoms with Gasteiger partial charge >= 0.3 is 12.3 Å². The van der Waals surface area contributed by atoms with E-state index >= 15 is 0 Å². The molecule has 34 heavy (non-hydrogen) atoms. The van der Waals surface area contributed by atoms with Gasteiger partial charge in [-0.3, -0.25) is 0 Å². The number of ether oxygens (including phenoxy) is 1. The van der Waals surface area contributed by atoms with Crippen LogP contribution in [0.25, 0.3) is 11.1 Å². The van der Waals surface area contributed by atoms with Crippen molar-refractivity contribution in [2.24, 2.45) is 0 Å². The maximum atomic E-state index is 14.5. The SMILES string of the molecule is Oc1cc(O)c(-c2cc(F)c(C(F)(F)OC3=CC(F)=C(C(F)(F)F)C(F)=CC3)c(F)c2)c(O)c1. The molecule has 3 N–H and O–H groups in total. The number of hydrogen-bond donors (Lipinski definition) is 3. The first-order valence-corrected chi connectivity index (χ1v) is 8.97. The van der Waals surface area contributed by atoms with Crippen LogP contribution in [0.15, 0.2) is 59.4 Å². The molecule has 2 aromatic rings. The van der Waals surface area contributed by atoms with Crippen molar-refractivity contribution >= 4 is 0 Å². The fraction of sp³-hybridized carbons (Fsp3) is 0.143. The van der Waals surface area contributed by atoms with E-state index in [9.17, 15) is 54.8 Å². The van der Waals surface area contributed by atoms with Gasteiger partial charge in [-0.2, -0.15) is 22.0 Å². The minimum Gasteiger partial charge on any atom is -0.508 e. The zero-order valence-electron chi connectivity index (χ0n) is 16.3. The Morgan fingerprint density at radius 2 is 1.32 bits per heavy atom. The lowest BCUT2D eigenvalue weighted by Crippen LogP contribution is -2.22. The van der Waals surface area contributed by atoms with Crippen LogP contribution < -0.4 is 0 Å². The standard InChI is InChI=1S/C21H11F9O4/c22-11-2-1-10(7-14(25)18(11)20(26,27)28)34-21(29,30)19-12(23)3-8(4-13(19)24)17-15(32)5-9(31)6-16(17)33/h2-7,31-33H,1H2. The monoisotopic (exact) mass is 498 g/mol. The van der Waals surface area contributed by atoms with Gasteiger partial charge in [0.15, 0.2) is 0 Å². The molecule has 0 saturated carbocycles. The average Bonchev–Trinajstić information content (AvgIpc) is 2.76. The molecular weight excluding hydrogens is 487 g/mol. The second-order valence-electron chi connectivity index (χ2n) is 6.88. The smallest absolute Gasteiger partial charge is 0.432 e. The van der Waals surface area contributed by atoms with Gasteiger partial charge in [0.1, 0.15) is 57.4 Å². The minimum absolute atomic E-state index is 0.101. The quantitative estimate of drug-likeness (QED) is 0.409. The summed E-state index contributed by atoms with van der Waals surface area (Å²) in [6.45, 7) is 0. The van der Waals surface area contributed by atoms with Gasteiger partial charge in [-0.1, -0.05) is 0 Å². The summed E-state index contributed by atoms with van der Waals surface area (Å²) in [7, 11) is 0. The minimum atomic E-state index is -5.50. The summed E-state index contributed by atoms with van der Waals surface area (Å²) in [6, 6.07) is 1.92. The zero-order valence-corrected chi connectivity index (χ0v) is 16.3. The summed E-state index contributed by atoms with van der Waals surface area (Å²) in [5.74, 6) is -11.9. The summed E-state index contributed by atoms with van der Waals surface area (Å²) in [6.07, 6.45) is -11.6. The first kappa shape index (κ1) is 24.9. The average molecular weight is 498 g/mol. The van der Waals surface area contributed by atoms with E-state index in [2.05, 4.69) is 4.74 Å². The lowest BCUT2D eigenvalue weighted by molar-refractivity contribution is -0.228. The highest BCUT2D eigenvalue weighted by Gasteiger charge is 2.44. The number of aromatic hydroxyl groups is 3. The summed E-state index contributed by atoms with van der Waals surface area (Å²) < 4.78 is 128. The van der Waals surface area contributed by atoms with Crippen LogP contribution in [0.4, 0.5) is 39.5 Å². The van der Waals surface area contributed by atoms with E-state index in [4.69, 9.17) is 0 Å². The Balaban J connectivity index is 2.02. The van der Waals surface area contributed by atoms with Gasteiger partial charge in [0.25, 0.3) is 0 Å². The van der Waals surface area contributed by atoms with Gasteiger partial charge in [-0.05, 0) is 23.8 Å². The van der Waals surface area contributed by atoms with Crippen molar-refractivity contribution in [3.05, 3.63) is 76.6 Å². The summed E-state index contributed by atoms with van der Waals surface area (Å²) >= 11 is 0. The molecule has 3 rings (SSSR count). The van der Waals surface area contributed by atoms with Crippen LogP contribution in [0.3, 0.4) is 0 Å². The summed E-state index contributed by atoms with van der Waals surface area (Å²) in [5.41, 5.74) is -5.66. The first-order chi connectivity index (χ1) is 15.6. The van der Waals surface area contributed by atoms with Crippen LogP contribution in [0, 0.1) is 11.6 Å². The molecule has 1 aliphatic carbocycles. The van der Waals surface area contributed by atoms with Gasteiger partial charge in [0.05, 0.1) is 5.56 Å². The number of hydrogen-bond acceptors (Lipinski definition) is 4. The number of phenolic OH excluding ortho intramolecular Hbond substituents is 3. The predicted molar refractivity (Wildman–Crippen MR) is 97.8 cm³/mol. The molecule has 0 saturated heterocycles. The van der Waals surface area contributed by atoms with E-state index in [1.807, 2.05) is 0 Å². The van der Waals surface area contributed by atoms with Gasteiger partial charge < -0.3 is 20.1 Å². The van der Waals surface area contributed by atoms with Gasteiger partial charge in [-0.25, -0.2) is 17.6 Å². The van der Waals surface area contributed by atoms with E-state index in [0.717, 1.165) is 0 Å². The molecule has 1 aliphatic rings. The molecule has 13 heteroatoms. The molecule has 0 amide bonds. The number of phenols is 3. The zero-order chi connectivity index (χ0) is 25.6. The molecule has 2 aromatic carbocycles. The van der Waals surface area contributed by atoms with Gasteiger partial charge in [-0.15, -0.1) is 0 Å². The molecule has 0 atom stereocenters. The molecule has 4 nitrogen and oxygen atoms in total. The van der Waals surface area contributed by atoms with Crippen molar-refractivity contribution in [1.82, 2.24) is 0 Å². The van der Waals surface area contributed by atoms with Crippen LogP contribution in [-0.2, 0) is 10.8 Å². The maximum absolute atomic E-state index is 14.5. The van der Waals surface area contributed by atoms with Crippen molar-refractivity contribution in [1.29, 1.82) is 0 Å². The third-order valence-electron chi connectivity index (χ3n) is 4.49. The number of allylic oxidation sites excluding steroid dienone is 5. The van der Waals surface area contributed by atoms with Crippen molar-refractivity contribution < 1.29 is 59.6 Å². The Bertz CT molecular complexity index is 1200. The molecule has 0 bridgehead atoms. The predicted octanol–water partition coefficient (Wildman–Crippen LogP) is 6.74. The lowest BCUT2D eigenvalue weighted by Gasteiger charge is -2.21. The van der Waals surface area contributed by atoms with E-state index in [1.165, 1.54) is 0 Å². The third kappa shape index (κ3) is 4.77. The third-order valence-corrected chi connectivity index (χ3v) is 4.49. The van der Waals surface area contributed by atoms with Crippen LogP contribution in [-0.4, -0.2) is 21.5 Å². The number of benzene rings is 2. The molecule has 0 fully saturated rings. The van der Waals surface area contributed by atoms with Crippen LogP contribution in [0.1, 0.15) is 12.0 Å². The van der Waals surface area contributed by atoms with Crippen LogP contribution in [0.2, 0.25) is 0 Å². The van der Waals surface area contributed by atoms with Crippen molar-refractivity contribution in [2.75, 3.05) is 0 Å². The highest BCUT2D eigenvalue weighted by atomic mass is 19.4. The maximum Gasteiger partial charge on any atom is 0.432 e. The van der Waals surface area contributed by atoms with Crippen LogP contribution >= 0.6 is 0 Å². The summed E-state index contributed by atoms with van der Waals surface area (Å²) in [5, 5.41) is 28.9. The Morgan fingerprint density at radius 3 is 1.82 bits per heavy atom. The lowest BCUT2D eigenvalue weighted by atomic mass is 10.00. The fourth-order valence-corrected chi connectivity index (χ4v) is 3.13. The molecule has 182 valence electrons. The van der Waals surface area contributed by atoms with E-state index in [0.29, 0.717) is 12.1 Å². The topological polar surface area (TPSA) is 69.9 Å². The largest absolute Gasteiger partial charge is 0.508 e. The molecule has 0 radical (unpaired) electrons.